The molecule has 0 spiro atoms. The lowest BCUT2D eigenvalue weighted by atomic mass is 9.90. The largest absolute Gasteiger partial charge is 0.340 e. The maximum atomic E-state index is 12.1. The average molecular weight is 240 g/mol. The summed E-state index contributed by atoms with van der Waals surface area (Å²) < 4.78 is 0. The van der Waals surface area contributed by atoms with E-state index in [1.165, 1.54) is 12.8 Å². The third-order valence-corrected chi connectivity index (χ3v) is 3.84. The molecule has 17 heavy (non-hydrogen) atoms. The highest BCUT2D eigenvalue weighted by Gasteiger charge is 2.25. The van der Waals surface area contributed by atoms with Gasteiger partial charge in [-0.2, -0.15) is 0 Å². The van der Waals surface area contributed by atoms with E-state index >= 15 is 0 Å². The van der Waals surface area contributed by atoms with Gasteiger partial charge in [0.15, 0.2) is 0 Å². The zero-order chi connectivity index (χ0) is 12.7. The maximum Gasteiger partial charge on any atom is 0.222 e. The van der Waals surface area contributed by atoms with E-state index in [0.717, 1.165) is 45.1 Å². The molecule has 3 heteroatoms. The van der Waals surface area contributed by atoms with Crippen LogP contribution in [0.5, 0.6) is 0 Å². The van der Waals surface area contributed by atoms with Crippen molar-refractivity contribution in [1.82, 2.24) is 4.90 Å². The number of rotatable bonds is 6. The van der Waals surface area contributed by atoms with Crippen molar-refractivity contribution in [3.63, 3.8) is 0 Å². The highest BCUT2D eigenvalue weighted by molar-refractivity contribution is 5.76. The zero-order valence-electron chi connectivity index (χ0n) is 11.5. The molecule has 1 amide bonds. The quantitative estimate of drug-likeness (QED) is 0.726. The summed E-state index contributed by atoms with van der Waals surface area (Å²) in [4.78, 5) is 14.2. The van der Waals surface area contributed by atoms with E-state index in [9.17, 15) is 4.79 Å². The van der Waals surface area contributed by atoms with E-state index < -0.39 is 0 Å². The first-order chi connectivity index (χ1) is 8.19. The molecule has 3 nitrogen and oxygen atoms in total. The topological polar surface area (TPSA) is 46.3 Å². The second-order valence-corrected chi connectivity index (χ2v) is 5.21. The van der Waals surface area contributed by atoms with Crippen molar-refractivity contribution < 1.29 is 4.79 Å². The van der Waals surface area contributed by atoms with Crippen molar-refractivity contribution in [3.8, 4) is 0 Å². The Morgan fingerprint density at radius 2 is 1.82 bits per heavy atom. The molecule has 0 aliphatic heterocycles. The van der Waals surface area contributed by atoms with Crippen LogP contribution in [0.2, 0.25) is 0 Å². The Kier molecular flexibility index (Phi) is 6.56. The minimum absolute atomic E-state index is 0.349. The van der Waals surface area contributed by atoms with E-state index in [0.29, 0.717) is 18.0 Å². The summed E-state index contributed by atoms with van der Waals surface area (Å²) in [5.41, 5.74) is 5.91. The first kappa shape index (κ1) is 14.5. The summed E-state index contributed by atoms with van der Waals surface area (Å²) in [6.07, 6.45) is 8.44. The molecule has 0 radical (unpaired) electrons. The normalized spacial score (nSPS) is 24.6. The van der Waals surface area contributed by atoms with Gasteiger partial charge in [0, 0.05) is 25.0 Å². The van der Waals surface area contributed by atoms with Crippen LogP contribution >= 0.6 is 0 Å². The van der Waals surface area contributed by atoms with Gasteiger partial charge in [0.2, 0.25) is 5.91 Å². The molecule has 1 aliphatic rings. The Labute approximate surface area is 106 Å². The van der Waals surface area contributed by atoms with Crippen LogP contribution in [0.25, 0.3) is 0 Å². The van der Waals surface area contributed by atoms with Crippen molar-refractivity contribution in [3.05, 3.63) is 0 Å². The van der Waals surface area contributed by atoms with Gasteiger partial charge in [-0.3, -0.25) is 4.79 Å². The molecule has 0 aromatic carbocycles. The number of carbonyl (C=O) groups is 1. The molecule has 1 saturated carbocycles. The third-order valence-electron chi connectivity index (χ3n) is 3.84. The molecule has 0 heterocycles. The Hall–Kier alpha value is -0.570. The summed E-state index contributed by atoms with van der Waals surface area (Å²) in [5.74, 6) is 0.349. The third kappa shape index (κ3) is 4.66. The van der Waals surface area contributed by atoms with E-state index in [1.807, 2.05) is 0 Å². The van der Waals surface area contributed by atoms with Gasteiger partial charge in [0.1, 0.15) is 0 Å². The molecular weight excluding hydrogens is 212 g/mol. The van der Waals surface area contributed by atoms with Crippen LogP contribution in [-0.2, 0) is 4.79 Å². The van der Waals surface area contributed by atoms with E-state index in [-0.39, 0.29) is 0 Å². The average Bonchev–Trinajstić information content (AvgIpc) is 2.33. The molecule has 0 saturated heterocycles. The van der Waals surface area contributed by atoms with Gasteiger partial charge in [-0.1, -0.05) is 19.8 Å². The number of hydrogen-bond donors (Lipinski definition) is 1. The molecule has 100 valence electrons. The molecule has 0 unspecified atom stereocenters. The number of nitrogens with two attached hydrogens (primary N) is 1. The molecule has 0 aromatic heterocycles. The summed E-state index contributed by atoms with van der Waals surface area (Å²) in [7, 11) is 0. The smallest absolute Gasteiger partial charge is 0.222 e. The van der Waals surface area contributed by atoms with Gasteiger partial charge in [-0.15, -0.1) is 0 Å². The summed E-state index contributed by atoms with van der Waals surface area (Å²) in [5, 5.41) is 0. The van der Waals surface area contributed by atoms with Gasteiger partial charge < -0.3 is 10.6 Å². The van der Waals surface area contributed by atoms with Crippen molar-refractivity contribution in [2.24, 2.45) is 5.73 Å². The molecule has 1 fully saturated rings. The van der Waals surface area contributed by atoms with Crippen LogP contribution in [0.4, 0.5) is 0 Å². The molecule has 0 atom stereocenters. The second-order valence-electron chi connectivity index (χ2n) is 5.21. The second kappa shape index (κ2) is 7.70. The summed E-state index contributed by atoms with van der Waals surface area (Å²) in [6, 6.07) is 0.814. The van der Waals surface area contributed by atoms with Gasteiger partial charge in [0.25, 0.3) is 0 Å². The van der Waals surface area contributed by atoms with Crippen LogP contribution in [0.15, 0.2) is 0 Å². The first-order valence-electron chi connectivity index (χ1n) is 7.24. The maximum absolute atomic E-state index is 12.1. The Bertz CT molecular complexity index is 222. The monoisotopic (exact) mass is 240 g/mol. The highest BCUT2D eigenvalue weighted by atomic mass is 16.2. The van der Waals surface area contributed by atoms with Gasteiger partial charge in [-0.05, 0) is 39.0 Å². The minimum atomic E-state index is 0.349. The predicted molar refractivity (Wildman–Crippen MR) is 71.8 cm³/mol. The van der Waals surface area contributed by atoms with Crippen LogP contribution < -0.4 is 5.73 Å². The lowest BCUT2D eigenvalue weighted by Crippen LogP contribution is -2.44. The summed E-state index contributed by atoms with van der Waals surface area (Å²) >= 11 is 0. The standard InChI is InChI=1S/C14H28N2O/c1-3-5-6-7-14(17)16(4-2)13-10-8-12(15)9-11-13/h12-13H,3-11,15H2,1-2H3. The molecule has 2 N–H and O–H groups in total. The fourth-order valence-corrected chi connectivity index (χ4v) is 2.72. The lowest BCUT2D eigenvalue weighted by molar-refractivity contribution is -0.134. The number of carbonyl (C=O) groups excluding carboxylic acids is 1. The number of nitrogens with zero attached hydrogens (tertiary/aromatic N) is 1. The zero-order valence-corrected chi connectivity index (χ0v) is 11.5. The highest BCUT2D eigenvalue weighted by Crippen LogP contribution is 2.22. The van der Waals surface area contributed by atoms with Gasteiger partial charge in [0.05, 0.1) is 0 Å². The van der Waals surface area contributed by atoms with Crippen LogP contribution in [-0.4, -0.2) is 29.4 Å². The van der Waals surface area contributed by atoms with Crippen molar-refractivity contribution in [2.75, 3.05) is 6.54 Å². The molecule has 0 bridgehead atoms. The van der Waals surface area contributed by atoms with Crippen molar-refractivity contribution in [2.45, 2.75) is 77.3 Å². The Balaban J connectivity index is 2.38. The van der Waals surface area contributed by atoms with Crippen LogP contribution in [0.3, 0.4) is 0 Å². The minimum Gasteiger partial charge on any atom is -0.340 e. The van der Waals surface area contributed by atoms with E-state index in [1.54, 1.807) is 0 Å². The fraction of sp³-hybridized carbons (Fsp3) is 0.929. The number of amides is 1. The molecule has 1 aliphatic carbocycles. The number of unbranched alkanes of at least 4 members (excludes halogenated alkanes) is 2. The summed E-state index contributed by atoms with van der Waals surface area (Å²) in [6.45, 7) is 5.11. The Morgan fingerprint density at radius 3 is 2.35 bits per heavy atom. The predicted octanol–water partition coefficient (Wildman–Crippen LogP) is 2.69. The van der Waals surface area contributed by atoms with Crippen molar-refractivity contribution >= 4 is 5.91 Å². The van der Waals surface area contributed by atoms with Gasteiger partial charge >= 0.3 is 0 Å². The van der Waals surface area contributed by atoms with E-state index in [4.69, 9.17) is 5.73 Å². The lowest BCUT2D eigenvalue weighted by Gasteiger charge is -2.35. The Morgan fingerprint density at radius 1 is 1.18 bits per heavy atom. The molecule has 1 rings (SSSR count). The van der Waals surface area contributed by atoms with Crippen LogP contribution in [0.1, 0.15) is 65.2 Å². The van der Waals surface area contributed by atoms with Crippen molar-refractivity contribution in [1.29, 1.82) is 0 Å². The fourth-order valence-electron chi connectivity index (χ4n) is 2.72. The van der Waals surface area contributed by atoms with Crippen LogP contribution in [0, 0.1) is 0 Å². The first-order valence-corrected chi connectivity index (χ1v) is 7.24. The molecule has 0 aromatic rings. The van der Waals surface area contributed by atoms with Gasteiger partial charge in [-0.25, -0.2) is 0 Å². The number of hydrogen-bond acceptors (Lipinski definition) is 2. The SMILES string of the molecule is CCCCCC(=O)N(CC)C1CCC(N)CC1. The molecular formula is C14H28N2O. The van der Waals surface area contributed by atoms with E-state index in [2.05, 4.69) is 18.7 Å².